The van der Waals surface area contributed by atoms with Crippen LogP contribution in [-0.2, 0) is 14.3 Å². The molecule has 16 heavy (non-hydrogen) atoms. The molecule has 1 fully saturated rings. The van der Waals surface area contributed by atoms with Crippen LogP contribution in [0.2, 0.25) is 0 Å². The number of hydrogen-bond acceptors (Lipinski definition) is 4. The Bertz CT molecular complexity index is 262. The lowest BCUT2D eigenvalue weighted by molar-refractivity contribution is -0.146. The number of carbonyl (C=O) groups excluding carboxylic acids is 2. The van der Waals surface area contributed by atoms with Gasteiger partial charge in [-0.25, -0.2) is 0 Å². The number of rotatable bonds is 4. The number of hydrogen-bond donors (Lipinski definition) is 1. The van der Waals surface area contributed by atoms with Crippen LogP contribution in [-0.4, -0.2) is 50.1 Å². The Labute approximate surface area is 96.1 Å². The zero-order valence-corrected chi connectivity index (χ0v) is 10.2. The summed E-state index contributed by atoms with van der Waals surface area (Å²) in [6.07, 6.45) is 1.92. The van der Waals surface area contributed by atoms with Gasteiger partial charge < -0.3 is 15.0 Å². The topological polar surface area (TPSA) is 58.6 Å². The monoisotopic (exact) mass is 228 g/mol. The molecule has 5 heteroatoms. The fraction of sp³-hybridized carbons (Fsp3) is 0.818. The van der Waals surface area contributed by atoms with Gasteiger partial charge in [0, 0.05) is 13.6 Å². The third-order valence-electron chi connectivity index (χ3n) is 2.89. The van der Waals surface area contributed by atoms with Gasteiger partial charge in [0.25, 0.3) is 0 Å². The second-order valence-electron chi connectivity index (χ2n) is 4.29. The first-order valence-corrected chi connectivity index (χ1v) is 5.62. The molecule has 1 amide bonds. The molecule has 0 spiro atoms. The highest BCUT2D eigenvalue weighted by atomic mass is 16.5. The molecule has 1 heterocycles. The average molecular weight is 228 g/mol. The smallest absolute Gasteiger partial charge is 0.310 e. The first kappa shape index (κ1) is 13.0. The minimum absolute atomic E-state index is 0.0632. The largest absolute Gasteiger partial charge is 0.469 e. The quantitative estimate of drug-likeness (QED) is 0.688. The van der Waals surface area contributed by atoms with E-state index in [4.69, 9.17) is 0 Å². The maximum absolute atomic E-state index is 11.9. The number of nitrogens with zero attached hydrogens (tertiary/aromatic N) is 1. The fourth-order valence-corrected chi connectivity index (χ4v) is 1.94. The van der Waals surface area contributed by atoms with Crippen LogP contribution in [0.25, 0.3) is 0 Å². The second-order valence-corrected chi connectivity index (χ2v) is 4.29. The molecule has 0 saturated carbocycles. The van der Waals surface area contributed by atoms with Crippen molar-refractivity contribution in [3.63, 3.8) is 0 Å². The van der Waals surface area contributed by atoms with Crippen LogP contribution in [0.5, 0.6) is 0 Å². The Kier molecular flexibility index (Phi) is 4.73. The summed E-state index contributed by atoms with van der Waals surface area (Å²) in [5.74, 6) is -0.493. The molecular formula is C11H20N2O3. The van der Waals surface area contributed by atoms with Gasteiger partial charge in [-0.2, -0.15) is 0 Å². The Morgan fingerprint density at radius 3 is 2.75 bits per heavy atom. The molecule has 0 aliphatic carbocycles. The molecule has 1 aliphatic rings. The van der Waals surface area contributed by atoms with Crippen molar-refractivity contribution >= 4 is 11.9 Å². The van der Waals surface area contributed by atoms with E-state index in [1.807, 2.05) is 0 Å². The van der Waals surface area contributed by atoms with Crippen molar-refractivity contribution in [1.29, 1.82) is 0 Å². The zero-order chi connectivity index (χ0) is 12.1. The van der Waals surface area contributed by atoms with Gasteiger partial charge >= 0.3 is 5.97 Å². The summed E-state index contributed by atoms with van der Waals surface area (Å²) in [4.78, 5) is 24.7. The van der Waals surface area contributed by atoms with Crippen molar-refractivity contribution < 1.29 is 14.3 Å². The van der Waals surface area contributed by atoms with Crippen molar-refractivity contribution in [2.75, 3.05) is 27.2 Å². The molecule has 1 aliphatic heterocycles. The Morgan fingerprint density at radius 2 is 2.25 bits per heavy atom. The third kappa shape index (κ3) is 3.20. The van der Waals surface area contributed by atoms with Crippen LogP contribution in [0.15, 0.2) is 0 Å². The SMILES string of the molecule is COC(=O)C(C)CN(C)C(=O)[C@H]1CCCN1. The molecule has 0 aromatic rings. The Hall–Kier alpha value is -1.10. The van der Waals surface area contributed by atoms with E-state index in [1.54, 1.807) is 18.9 Å². The van der Waals surface area contributed by atoms with Crippen LogP contribution in [0, 0.1) is 5.92 Å². The molecule has 0 aromatic heterocycles. The zero-order valence-electron chi connectivity index (χ0n) is 10.2. The van der Waals surface area contributed by atoms with E-state index in [1.165, 1.54) is 7.11 Å². The van der Waals surface area contributed by atoms with Crippen molar-refractivity contribution in [3.8, 4) is 0 Å². The van der Waals surface area contributed by atoms with Gasteiger partial charge in [-0.1, -0.05) is 6.92 Å². The first-order chi connectivity index (χ1) is 7.56. The van der Waals surface area contributed by atoms with Gasteiger partial charge in [-0.15, -0.1) is 0 Å². The van der Waals surface area contributed by atoms with E-state index in [9.17, 15) is 9.59 Å². The maximum Gasteiger partial charge on any atom is 0.310 e. The summed E-state index contributed by atoms with van der Waals surface area (Å²) in [6, 6.07) is -0.0742. The molecule has 1 N–H and O–H groups in total. The van der Waals surface area contributed by atoms with Crippen LogP contribution < -0.4 is 5.32 Å². The third-order valence-corrected chi connectivity index (χ3v) is 2.89. The number of methoxy groups -OCH3 is 1. The van der Waals surface area contributed by atoms with Gasteiger partial charge in [0.2, 0.25) is 5.91 Å². The number of esters is 1. The number of amides is 1. The van der Waals surface area contributed by atoms with Crippen molar-refractivity contribution in [2.24, 2.45) is 5.92 Å². The number of likely N-dealkylation sites (N-methyl/N-ethyl adjacent to an activating group) is 1. The van der Waals surface area contributed by atoms with Gasteiger partial charge in [0.15, 0.2) is 0 Å². The van der Waals surface area contributed by atoms with Crippen molar-refractivity contribution in [1.82, 2.24) is 10.2 Å². The van der Waals surface area contributed by atoms with E-state index in [2.05, 4.69) is 10.1 Å². The molecule has 0 aromatic carbocycles. The highest BCUT2D eigenvalue weighted by molar-refractivity contribution is 5.82. The average Bonchev–Trinajstić information content (AvgIpc) is 2.79. The highest BCUT2D eigenvalue weighted by Gasteiger charge is 2.26. The van der Waals surface area contributed by atoms with E-state index >= 15 is 0 Å². The second kappa shape index (κ2) is 5.84. The molecule has 0 bridgehead atoms. The molecule has 1 unspecified atom stereocenters. The van der Waals surface area contributed by atoms with Crippen molar-refractivity contribution in [2.45, 2.75) is 25.8 Å². The summed E-state index contributed by atoms with van der Waals surface area (Å²) in [5.41, 5.74) is 0. The number of nitrogens with one attached hydrogen (secondary N) is 1. The summed E-state index contributed by atoms with van der Waals surface area (Å²) in [7, 11) is 3.08. The van der Waals surface area contributed by atoms with Crippen LogP contribution >= 0.6 is 0 Å². The molecule has 5 nitrogen and oxygen atoms in total. The van der Waals surface area contributed by atoms with Crippen LogP contribution in [0.1, 0.15) is 19.8 Å². The first-order valence-electron chi connectivity index (χ1n) is 5.62. The minimum Gasteiger partial charge on any atom is -0.469 e. The standard InChI is InChI=1S/C11H20N2O3/c1-8(11(15)16-3)7-13(2)10(14)9-5-4-6-12-9/h8-9,12H,4-7H2,1-3H3/t8?,9-/m1/s1. The van der Waals surface area contributed by atoms with E-state index in [-0.39, 0.29) is 23.8 Å². The van der Waals surface area contributed by atoms with E-state index in [0.29, 0.717) is 6.54 Å². The van der Waals surface area contributed by atoms with Crippen molar-refractivity contribution in [3.05, 3.63) is 0 Å². The van der Waals surface area contributed by atoms with Crippen LogP contribution in [0.4, 0.5) is 0 Å². The summed E-state index contributed by atoms with van der Waals surface area (Å²) >= 11 is 0. The van der Waals surface area contributed by atoms with Crippen LogP contribution in [0.3, 0.4) is 0 Å². The highest BCUT2D eigenvalue weighted by Crippen LogP contribution is 2.09. The Balaban J connectivity index is 2.41. The molecule has 1 rings (SSSR count). The van der Waals surface area contributed by atoms with E-state index in [0.717, 1.165) is 19.4 Å². The maximum atomic E-state index is 11.9. The lowest BCUT2D eigenvalue weighted by Crippen LogP contribution is -2.44. The molecular weight excluding hydrogens is 208 g/mol. The molecule has 2 atom stereocenters. The normalized spacial score (nSPS) is 21.6. The predicted molar refractivity (Wildman–Crippen MR) is 59.8 cm³/mol. The summed E-state index contributed by atoms with van der Waals surface area (Å²) < 4.78 is 4.63. The number of ether oxygens (including phenoxy) is 1. The predicted octanol–water partition coefficient (Wildman–Crippen LogP) is 0.00590. The van der Waals surface area contributed by atoms with Gasteiger partial charge in [-0.3, -0.25) is 9.59 Å². The molecule has 0 radical (unpaired) electrons. The van der Waals surface area contributed by atoms with E-state index < -0.39 is 0 Å². The minimum atomic E-state index is -0.279. The Morgan fingerprint density at radius 1 is 1.56 bits per heavy atom. The lowest BCUT2D eigenvalue weighted by atomic mass is 10.1. The van der Waals surface area contributed by atoms with Gasteiger partial charge in [0.1, 0.15) is 0 Å². The van der Waals surface area contributed by atoms with Gasteiger partial charge in [0.05, 0.1) is 19.1 Å². The molecule has 92 valence electrons. The van der Waals surface area contributed by atoms with Gasteiger partial charge in [-0.05, 0) is 19.4 Å². The number of carbonyl (C=O) groups is 2. The fourth-order valence-electron chi connectivity index (χ4n) is 1.94. The molecule has 1 saturated heterocycles. The lowest BCUT2D eigenvalue weighted by Gasteiger charge is -2.23. The summed E-state index contributed by atoms with van der Waals surface area (Å²) in [5, 5.41) is 3.15. The summed E-state index contributed by atoms with van der Waals surface area (Å²) in [6.45, 7) is 3.07.